The van der Waals surface area contributed by atoms with E-state index in [-0.39, 0.29) is 0 Å². The summed E-state index contributed by atoms with van der Waals surface area (Å²) in [6, 6.07) is 8.00. The molecule has 1 amide bonds. The Balaban J connectivity index is 0.000000202. The second-order valence-electron chi connectivity index (χ2n) is 3.81. The van der Waals surface area contributed by atoms with Crippen molar-refractivity contribution in [3.63, 3.8) is 0 Å². The van der Waals surface area contributed by atoms with Gasteiger partial charge in [-0.1, -0.05) is 24.3 Å². The number of hydrogen-bond donors (Lipinski definition) is 1. The van der Waals surface area contributed by atoms with Crippen LogP contribution in [0.5, 0.6) is 0 Å². The second kappa shape index (κ2) is 5.81. The quantitative estimate of drug-likeness (QED) is 0.767. The van der Waals surface area contributed by atoms with Crippen LogP contribution in [0.4, 0.5) is 4.79 Å². The van der Waals surface area contributed by atoms with Gasteiger partial charge in [-0.25, -0.2) is 4.79 Å². The second-order valence-corrected chi connectivity index (χ2v) is 3.81. The monoisotopic (exact) mass is 247 g/mol. The molecule has 3 rings (SSSR count). The predicted octanol–water partition coefficient (Wildman–Crippen LogP) is 1.79. The Morgan fingerprint density at radius 2 is 2.11 bits per heavy atom. The summed E-state index contributed by atoms with van der Waals surface area (Å²) < 4.78 is 4.22. The van der Waals surface area contributed by atoms with Crippen LogP contribution in [0.2, 0.25) is 0 Å². The van der Waals surface area contributed by atoms with Gasteiger partial charge in [0.05, 0.1) is 6.20 Å². The van der Waals surface area contributed by atoms with Crippen molar-refractivity contribution in [2.75, 3.05) is 6.54 Å². The highest BCUT2D eigenvalue weighted by Crippen LogP contribution is 2.17. The van der Waals surface area contributed by atoms with Crippen LogP contribution in [0, 0.1) is 0 Å². The number of benzene rings is 1. The number of rotatable bonds is 0. The lowest BCUT2D eigenvalue weighted by Gasteiger charge is -2.26. The zero-order chi connectivity index (χ0) is 12.8. The zero-order valence-electron chi connectivity index (χ0n) is 9.69. The first kappa shape index (κ1) is 12.1. The third kappa shape index (κ3) is 3.07. The molecular weight excluding hydrogens is 234 g/mol. The van der Waals surface area contributed by atoms with Crippen LogP contribution >= 0.6 is 0 Å². The molecule has 2 heterocycles. The SMILES string of the molecule is O=C(O)N1CCc2ccccc2C1.c1conn1. The number of fused-ring (bicyclic) bond motifs is 1. The van der Waals surface area contributed by atoms with Gasteiger partial charge in [0.15, 0.2) is 0 Å². The summed E-state index contributed by atoms with van der Waals surface area (Å²) in [5.41, 5.74) is 2.41. The normalized spacial score (nSPS) is 13.2. The average molecular weight is 247 g/mol. The maximum Gasteiger partial charge on any atom is 0.407 e. The first-order valence-electron chi connectivity index (χ1n) is 5.53. The molecule has 18 heavy (non-hydrogen) atoms. The van der Waals surface area contributed by atoms with Crippen LogP contribution in [-0.4, -0.2) is 33.0 Å². The number of hydrogen-bond acceptors (Lipinski definition) is 4. The average Bonchev–Trinajstić information content (AvgIpc) is 2.97. The molecule has 1 aromatic heterocycles. The van der Waals surface area contributed by atoms with Crippen molar-refractivity contribution in [3.8, 4) is 0 Å². The molecule has 94 valence electrons. The van der Waals surface area contributed by atoms with Gasteiger partial charge in [-0.3, -0.25) is 0 Å². The molecule has 0 bridgehead atoms. The summed E-state index contributed by atoms with van der Waals surface area (Å²) in [4.78, 5) is 12.1. The van der Waals surface area contributed by atoms with Gasteiger partial charge in [0.2, 0.25) is 0 Å². The van der Waals surface area contributed by atoms with Gasteiger partial charge in [0, 0.05) is 18.4 Å². The fourth-order valence-corrected chi connectivity index (χ4v) is 1.80. The smallest absolute Gasteiger partial charge is 0.407 e. The third-order valence-corrected chi connectivity index (χ3v) is 2.68. The molecule has 1 aromatic carbocycles. The van der Waals surface area contributed by atoms with Gasteiger partial charge in [0.1, 0.15) is 6.26 Å². The minimum atomic E-state index is -0.825. The van der Waals surface area contributed by atoms with Crippen LogP contribution < -0.4 is 0 Å². The van der Waals surface area contributed by atoms with Crippen LogP contribution in [0.15, 0.2) is 41.2 Å². The number of aromatic nitrogens is 2. The van der Waals surface area contributed by atoms with Gasteiger partial charge in [-0.15, -0.1) is 5.10 Å². The summed E-state index contributed by atoms with van der Waals surface area (Å²) in [5, 5.41) is 15.2. The van der Waals surface area contributed by atoms with E-state index in [0.717, 1.165) is 12.0 Å². The molecule has 0 saturated carbocycles. The lowest BCUT2D eigenvalue weighted by atomic mass is 10.0. The molecule has 0 spiro atoms. The van der Waals surface area contributed by atoms with E-state index in [1.165, 1.54) is 22.9 Å². The molecule has 6 heteroatoms. The summed E-state index contributed by atoms with van der Waals surface area (Å²) in [7, 11) is 0. The summed E-state index contributed by atoms with van der Waals surface area (Å²) in [6.45, 7) is 1.15. The fourth-order valence-electron chi connectivity index (χ4n) is 1.80. The van der Waals surface area contributed by atoms with E-state index in [0.29, 0.717) is 13.1 Å². The summed E-state index contributed by atoms with van der Waals surface area (Å²) in [5.74, 6) is 0. The lowest BCUT2D eigenvalue weighted by molar-refractivity contribution is 0.140. The first-order valence-corrected chi connectivity index (χ1v) is 5.53. The highest BCUT2D eigenvalue weighted by Gasteiger charge is 2.18. The van der Waals surface area contributed by atoms with Crippen molar-refractivity contribution >= 4 is 6.09 Å². The zero-order valence-corrected chi connectivity index (χ0v) is 9.69. The van der Waals surface area contributed by atoms with E-state index in [2.05, 4.69) is 21.0 Å². The standard InChI is InChI=1S/C10H11NO2.C2H2N2O/c12-10(13)11-6-5-8-3-1-2-4-9(8)7-11;1-2-5-4-3-1/h1-4H,5-7H2,(H,12,13);1-2H. The van der Waals surface area contributed by atoms with Crippen molar-refractivity contribution in [1.29, 1.82) is 0 Å². The number of carbonyl (C=O) groups is 1. The highest BCUT2D eigenvalue weighted by atomic mass is 16.5. The minimum absolute atomic E-state index is 0.533. The van der Waals surface area contributed by atoms with Crippen molar-refractivity contribution in [2.24, 2.45) is 0 Å². The molecule has 6 nitrogen and oxygen atoms in total. The molecule has 0 fully saturated rings. The van der Waals surface area contributed by atoms with Crippen molar-refractivity contribution < 1.29 is 14.4 Å². The topological polar surface area (TPSA) is 79.5 Å². The Hall–Kier alpha value is -2.37. The van der Waals surface area contributed by atoms with E-state index in [1.807, 2.05) is 18.2 Å². The van der Waals surface area contributed by atoms with Crippen molar-refractivity contribution in [3.05, 3.63) is 47.9 Å². The Labute approximate surface area is 104 Å². The molecule has 0 unspecified atom stereocenters. The van der Waals surface area contributed by atoms with Crippen molar-refractivity contribution in [1.82, 2.24) is 15.3 Å². The van der Waals surface area contributed by atoms with Crippen LogP contribution in [0.25, 0.3) is 0 Å². The predicted molar refractivity (Wildman–Crippen MR) is 62.9 cm³/mol. The Morgan fingerprint density at radius 1 is 1.33 bits per heavy atom. The Morgan fingerprint density at radius 3 is 2.67 bits per heavy atom. The largest absolute Gasteiger partial charge is 0.465 e. The van der Waals surface area contributed by atoms with Crippen molar-refractivity contribution in [2.45, 2.75) is 13.0 Å². The number of nitrogens with zero attached hydrogens (tertiary/aromatic N) is 3. The highest BCUT2D eigenvalue weighted by molar-refractivity contribution is 5.65. The molecule has 0 saturated heterocycles. The molecule has 1 N–H and O–H groups in total. The molecule has 0 radical (unpaired) electrons. The molecule has 0 aliphatic carbocycles. The van der Waals surface area contributed by atoms with E-state index in [1.54, 1.807) is 0 Å². The maximum atomic E-state index is 10.7. The molecule has 0 atom stereocenters. The Bertz CT molecular complexity index is 482. The minimum Gasteiger partial charge on any atom is -0.465 e. The summed E-state index contributed by atoms with van der Waals surface area (Å²) >= 11 is 0. The first-order chi connectivity index (χ1) is 8.77. The van der Waals surface area contributed by atoms with Gasteiger partial charge < -0.3 is 14.5 Å². The van der Waals surface area contributed by atoms with E-state index >= 15 is 0 Å². The maximum absolute atomic E-state index is 10.7. The van der Waals surface area contributed by atoms with Gasteiger partial charge in [-0.05, 0) is 17.5 Å². The molecular formula is C12H13N3O3. The van der Waals surface area contributed by atoms with E-state index in [9.17, 15) is 4.79 Å². The van der Waals surface area contributed by atoms with Gasteiger partial charge in [-0.2, -0.15) is 0 Å². The Kier molecular flexibility index (Phi) is 3.90. The van der Waals surface area contributed by atoms with Crippen LogP contribution in [-0.2, 0) is 13.0 Å². The summed E-state index contributed by atoms with van der Waals surface area (Å²) in [6.07, 6.45) is 2.89. The molecule has 2 aromatic rings. The molecule has 1 aliphatic rings. The molecule has 1 aliphatic heterocycles. The number of amides is 1. The van der Waals surface area contributed by atoms with E-state index in [4.69, 9.17) is 5.11 Å². The number of carboxylic acid groups (broad SMARTS) is 1. The lowest BCUT2D eigenvalue weighted by Crippen LogP contribution is -2.34. The third-order valence-electron chi connectivity index (χ3n) is 2.68. The fraction of sp³-hybridized carbons (Fsp3) is 0.250. The van der Waals surface area contributed by atoms with Gasteiger partial charge in [0.25, 0.3) is 0 Å². The van der Waals surface area contributed by atoms with Crippen LogP contribution in [0.3, 0.4) is 0 Å². The van der Waals surface area contributed by atoms with E-state index < -0.39 is 6.09 Å². The van der Waals surface area contributed by atoms with Crippen LogP contribution in [0.1, 0.15) is 11.1 Å². The van der Waals surface area contributed by atoms with Gasteiger partial charge >= 0.3 is 6.09 Å².